The number of alkyl halides is 3. The van der Waals surface area contributed by atoms with Gasteiger partial charge in [-0.15, -0.1) is 0 Å². The van der Waals surface area contributed by atoms with Crippen molar-refractivity contribution < 1.29 is 23.1 Å². The van der Waals surface area contributed by atoms with Gasteiger partial charge in [0.05, 0.1) is 17.8 Å². The Bertz CT molecular complexity index is 494. The van der Waals surface area contributed by atoms with Crippen LogP contribution in [0, 0.1) is 0 Å². The van der Waals surface area contributed by atoms with Crippen LogP contribution in [-0.4, -0.2) is 23.9 Å². The van der Waals surface area contributed by atoms with Crippen LogP contribution < -0.4 is 4.90 Å². The number of nitrogens with zero attached hydrogens (tertiary/aromatic N) is 1. The number of carbonyl (C=O) groups is 1. The molecule has 6 heteroatoms. The molecule has 1 aromatic rings. The first-order chi connectivity index (χ1) is 7.89. The molecule has 1 heterocycles. The topological polar surface area (TPSA) is 40.5 Å². The zero-order valence-electron chi connectivity index (χ0n) is 8.53. The molecule has 17 heavy (non-hydrogen) atoms. The van der Waals surface area contributed by atoms with Gasteiger partial charge in [0.2, 0.25) is 0 Å². The van der Waals surface area contributed by atoms with Gasteiger partial charge in [0.15, 0.2) is 0 Å². The normalized spacial score (nSPS) is 15.2. The average molecular weight is 243 g/mol. The van der Waals surface area contributed by atoms with Crippen LogP contribution in [0.2, 0.25) is 0 Å². The SMILES string of the molecule is O=C(O)C1=Cc2ccccc2N(C(F)(F)F)C1. The zero-order chi connectivity index (χ0) is 12.6. The predicted molar refractivity (Wildman–Crippen MR) is 55.5 cm³/mol. The van der Waals surface area contributed by atoms with Crippen molar-refractivity contribution in [1.29, 1.82) is 0 Å². The van der Waals surface area contributed by atoms with Gasteiger partial charge < -0.3 is 5.11 Å². The molecule has 0 saturated carbocycles. The number of fused-ring (bicyclic) bond motifs is 1. The number of para-hydroxylation sites is 1. The first kappa shape index (κ1) is 11.5. The van der Waals surface area contributed by atoms with Crippen LogP contribution >= 0.6 is 0 Å². The van der Waals surface area contributed by atoms with Crippen molar-refractivity contribution in [3.8, 4) is 0 Å². The fourth-order valence-electron chi connectivity index (χ4n) is 1.70. The summed E-state index contributed by atoms with van der Waals surface area (Å²) in [5.74, 6) is -1.34. The van der Waals surface area contributed by atoms with Gasteiger partial charge in [-0.1, -0.05) is 18.2 Å². The molecule has 3 nitrogen and oxygen atoms in total. The molecule has 0 spiro atoms. The smallest absolute Gasteiger partial charge is 0.478 e. The van der Waals surface area contributed by atoms with E-state index in [2.05, 4.69) is 0 Å². The van der Waals surface area contributed by atoms with Crippen LogP contribution in [0.5, 0.6) is 0 Å². The van der Waals surface area contributed by atoms with E-state index in [9.17, 15) is 18.0 Å². The minimum Gasteiger partial charge on any atom is -0.478 e. The third kappa shape index (κ3) is 2.11. The van der Waals surface area contributed by atoms with Crippen molar-refractivity contribution in [1.82, 2.24) is 0 Å². The van der Waals surface area contributed by atoms with Crippen molar-refractivity contribution >= 4 is 17.7 Å². The molecule has 0 fully saturated rings. The number of rotatable bonds is 1. The van der Waals surface area contributed by atoms with Gasteiger partial charge >= 0.3 is 12.3 Å². The Hall–Kier alpha value is -1.98. The maximum Gasteiger partial charge on any atom is 0.485 e. The molecule has 1 aliphatic rings. The lowest BCUT2D eigenvalue weighted by Crippen LogP contribution is -2.42. The van der Waals surface area contributed by atoms with Gasteiger partial charge in [-0.05, 0) is 17.7 Å². The lowest BCUT2D eigenvalue weighted by molar-refractivity contribution is -0.134. The summed E-state index contributed by atoms with van der Waals surface area (Å²) in [5.41, 5.74) is -0.0421. The number of carboxylic acid groups (broad SMARTS) is 1. The van der Waals surface area contributed by atoms with Crippen molar-refractivity contribution in [3.63, 3.8) is 0 Å². The molecule has 1 N–H and O–H groups in total. The lowest BCUT2D eigenvalue weighted by atomic mass is 10.0. The second-order valence-electron chi connectivity index (χ2n) is 3.59. The molecule has 2 rings (SSSR count). The molecule has 0 radical (unpaired) electrons. The summed E-state index contributed by atoms with van der Waals surface area (Å²) >= 11 is 0. The molecule has 1 aliphatic heterocycles. The van der Waals surface area contributed by atoms with Crippen LogP contribution in [0.1, 0.15) is 5.56 Å². The standard InChI is InChI=1S/C11H8F3NO2/c12-11(13,14)15-6-8(10(16)17)5-7-3-1-2-4-9(7)15/h1-5H,6H2,(H,16,17). The summed E-state index contributed by atoms with van der Waals surface area (Å²) < 4.78 is 38.3. The van der Waals surface area contributed by atoms with Crippen LogP contribution in [0.15, 0.2) is 29.8 Å². The summed E-state index contributed by atoms with van der Waals surface area (Å²) in [5, 5.41) is 8.79. The Morgan fingerprint density at radius 3 is 2.53 bits per heavy atom. The van der Waals surface area contributed by atoms with E-state index in [0.29, 0.717) is 0 Å². The molecule has 1 aromatic carbocycles. The van der Waals surface area contributed by atoms with E-state index in [1.54, 1.807) is 6.07 Å². The quantitative estimate of drug-likeness (QED) is 0.770. The highest BCUT2D eigenvalue weighted by Gasteiger charge is 2.41. The van der Waals surface area contributed by atoms with E-state index in [0.717, 1.165) is 0 Å². The lowest BCUT2D eigenvalue weighted by Gasteiger charge is -2.31. The second-order valence-corrected chi connectivity index (χ2v) is 3.59. The van der Waals surface area contributed by atoms with E-state index in [4.69, 9.17) is 5.11 Å². The van der Waals surface area contributed by atoms with Crippen LogP contribution in [-0.2, 0) is 4.79 Å². The molecule has 0 atom stereocenters. The van der Waals surface area contributed by atoms with Gasteiger partial charge in [0.1, 0.15) is 0 Å². The van der Waals surface area contributed by atoms with Gasteiger partial charge in [0, 0.05) is 0 Å². The zero-order valence-corrected chi connectivity index (χ0v) is 8.53. The Labute approximate surface area is 94.8 Å². The Morgan fingerprint density at radius 1 is 1.29 bits per heavy atom. The number of benzene rings is 1. The molecule has 0 aromatic heterocycles. The number of hydrogen-bond acceptors (Lipinski definition) is 2. The van der Waals surface area contributed by atoms with Gasteiger partial charge in [0.25, 0.3) is 0 Å². The van der Waals surface area contributed by atoms with E-state index in [-0.39, 0.29) is 21.7 Å². The molecule has 0 aliphatic carbocycles. The molecule has 0 unspecified atom stereocenters. The molecule has 0 saturated heterocycles. The van der Waals surface area contributed by atoms with E-state index in [1.807, 2.05) is 0 Å². The van der Waals surface area contributed by atoms with Crippen molar-refractivity contribution in [2.75, 3.05) is 11.4 Å². The number of carboxylic acids is 1. The maximum absolute atomic E-state index is 12.8. The van der Waals surface area contributed by atoms with Gasteiger partial charge in [-0.3, -0.25) is 4.90 Å². The summed E-state index contributed by atoms with van der Waals surface area (Å²) in [6, 6.07) is 5.82. The molecule has 90 valence electrons. The molecular formula is C11H8F3NO2. The molecular weight excluding hydrogens is 235 g/mol. The minimum atomic E-state index is -4.59. The van der Waals surface area contributed by atoms with Crippen LogP contribution in [0.25, 0.3) is 6.08 Å². The maximum atomic E-state index is 12.8. The molecule has 0 bridgehead atoms. The Balaban J connectivity index is 2.53. The first-order valence-electron chi connectivity index (χ1n) is 4.77. The van der Waals surface area contributed by atoms with Gasteiger partial charge in [-0.2, -0.15) is 13.2 Å². The fourth-order valence-corrected chi connectivity index (χ4v) is 1.70. The summed E-state index contributed by atoms with van der Waals surface area (Å²) in [6.45, 7) is -0.671. The summed E-state index contributed by atoms with van der Waals surface area (Å²) in [7, 11) is 0. The highest BCUT2D eigenvalue weighted by atomic mass is 19.4. The van der Waals surface area contributed by atoms with E-state index >= 15 is 0 Å². The first-order valence-corrected chi connectivity index (χ1v) is 4.77. The monoisotopic (exact) mass is 243 g/mol. The summed E-state index contributed by atoms with van der Waals surface area (Å²) in [6.07, 6.45) is -3.33. The third-order valence-electron chi connectivity index (χ3n) is 2.47. The average Bonchev–Trinajstić information content (AvgIpc) is 2.26. The van der Waals surface area contributed by atoms with Crippen molar-refractivity contribution in [2.45, 2.75) is 6.30 Å². The summed E-state index contributed by atoms with van der Waals surface area (Å²) in [4.78, 5) is 10.9. The van der Waals surface area contributed by atoms with Crippen LogP contribution in [0.3, 0.4) is 0 Å². The van der Waals surface area contributed by atoms with E-state index in [1.165, 1.54) is 24.3 Å². The third-order valence-corrected chi connectivity index (χ3v) is 2.47. The number of hydrogen-bond donors (Lipinski definition) is 1. The fraction of sp³-hybridized carbons (Fsp3) is 0.182. The number of anilines is 1. The second kappa shape index (κ2) is 3.80. The minimum absolute atomic E-state index is 0.0231. The highest BCUT2D eigenvalue weighted by molar-refractivity contribution is 5.96. The highest BCUT2D eigenvalue weighted by Crippen LogP contribution is 2.36. The Kier molecular flexibility index (Phi) is 2.57. The number of aliphatic carboxylic acids is 1. The van der Waals surface area contributed by atoms with E-state index < -0.39 is 18.8 Å². The number of halogens is 3. The van der Waals surface area contributed by atoms with Crippen molar-refractivity contribution in [2.24, 2.45) is 0 Å². The molecule has 0 amide bonds. The largest absolute Gasteiger partial charge is 0.485 e. The van der Waals surface area contributed by atoms with Gasteiger partial charge in [-0.25, -0.2) is 4.79 Å². The predicted octanol–water partition coefficient (Wildman–Crippen LogP) is 2.49. The van der Waals surface area contributed by atoms with Crippen LogP contribution in [0.4, 0.5) is 18.9 Å². The van der Waals surface area contributed by atoms with Crippen molar-refractivity contribution in [3.05, 3.63) is 35.4 Å². The Morgan fingerprint density at radius 2 is 1.94 bits per heavy atom.